The van der Waals surface area contributed by atoms with E-state index in [1.807, 2.05) is 0 Å². The summed E-state index contributed by atoms with van der Waals surface area (Å²) in [5.41, 5.74) is 2.26. The SMILES string of the molecule is CO[C@@H]1C[C@@]2(C)C(=CC=C3[C@@H]4C[C@@H](F)[C@H](O)[C@@]4(C)CC[C@@H]32)C[C@H]1O. The third-order valence-corrected chi connectivity index (χ3v) is 7.82. The molecule has 4 aliphatic rings. The minimum atomic E-state index is -1.11. The van der Waals surface area contributed by atoms with Gasteiger partial charge in [-0.05, 0) is 49.4 Å². The van der Waals surface area contributed by atoms with Crippen molar-refractivity contribution in [1.29, 1.82) is 0 Å². The summed E-state index contributed by atoms with van der Waals surface area (Å²) in [6, 6.07) is 0. The first-order valence-corrected chi connectivity index (χ1v) is 9.25. The molecule has 8 atom stereocenters. The van der Waals surface area contributed by atoms with Gasteiger partial charge in [0, 0.05) is 12.5 Å². The monoisotopic (exact) mass is 336 g/mol. The van der Waals surface area contributed by atoms with E-state index >= 15 is 0 Å². The van der Waals surface area contributed by atoms with Gasteiger partial charge in [-0.15, -0.1) is 0 Å². The van der Waals surface area contributed by atoms with Crippen molar-refractivity contribution < 1.29 is 19.3 Å². The fourth-order valence-corrected chi connectivity index (χ4v) is 6.20. The number of fused-ring (bicyclic) bond motifs is 5. The average Bonchev–Trinajstić information content (AvgIpc) is 2.78. The smallest absolute Gasteiger partial charge is 0.127 e. The van der Waals surface area contributed by atoms with Gasteiger partial charge < -0.3 is 14.9 Å². The first kappa shape index (κ1) is 16.7. The second-order valence-corrected chi connectivity index (χ2v) is 8.87. The van der Waals surface area contributed by atoms with Gasteiger partial charge >= 0.3 is 0 Å². The molecular formula is C20H29FO3. The molecule has 0 saturated heterocycles. The number of aliphatic hydroxyl groups is 2. The number of methoxy groups -OCH3 is 1. The summed E-state index contributed by atoms with van der Waals surface area (Å²) in [6.45, 7) is 4.35. The van der Waals surface area contributed by atoms with Gasteiger partial charge in [-0.1, -0.05) is 37.1 Å². The summed E-state index contributed by atoms with van der Waals surface area (Å²) < 4.78 is 19.8. The van der Waals surface area contributed by atoms with Crippen molar-refractivity contribution in [2.45, 2.75) is 70.4 Å². The van der Waals surface area contributed by atoms with E-state index in [-0.39, 0.29) is 22.9 Å². The molecule has 3 nitrogen and oxygen atoms in total. The van der Waals surface area contributed by atoms with Crippen LogP contribution in [0.3, 0.4) is 0 Å². The molecule has 0 bridgehead atoms. The average molecular weight is 336 g/mol. The Bertz CT molecular complexity index is 600. The Kier molecular flexibility index (Phi) is 3.76. The lowest BCUT2D eigenvalue weighted by molar-refractivity contribution is -0.0691. The molecule has 134 valence electrons. The Hall–Kier alpha value is -0.710. The van der Waals surface area contributed by atoms with Crippen molar-refractivity contribution in [2.24, 2.45) is 22.7 Å². The highest BCUT2D eigenvalue weighted by molar-refractivity contribution is 5.39. The Balaban J connectivity index is 1.72. The van der Waals surface area contributed by atoms with E-state index in [2.05, 4.69) is 26.0 Å². The summed E-state index contributed by atoms with van der Waals surface area (Å²) >= 11 is 0. The molecule has 0 heterocycles. The number of rotatable bonds is 1. The van der Waals surface area contributed by atoms with Crippen LogP contribution in [0.15, 0.2) is 23.3 Å². The van der Waals surface area contributed by atoms with Gasteiger partial charge in [0.2, 0.25) is 0 Å². The summed E-state index contributed by atoms with van der Waals surface area (Å²) in [5.74, 6) is 0.502. The van der Waals surface area contributed by atoms with E-state index in [1.165, 1.54) is 11.1 Å². The number of hydrogen-bond donors (Lipinski definition) is 2. The van der Waals surface area contributed by atoms with E-state index in [9.17, 15) is 14.6 Å². The Morgan fingerprint density at radius 1 is 1.21 bits per heavy atom. The van der Waals surface area contributed by atoms with Crippen LogP contribution in [0.5, 0.6) is 0 Å². The molecule has 0 aromatic rings. The Morgan fingerprint density at radius 2 is 1.96 bits per heavy atom. The fourth-order valence-electron chi connectivity index (χ4n) is 6.20. The second-order valence-electron chi connectivity index (χ2n) is 8.87. The van der Waals surface area contributed by atoms with Crippen LogP contribution in [0, 0.1) is 22.7 Å². The van der Waals surface area contributed by atoms with Crippen molar-refractivity contribution in [3.05, 3.63) is 23.3 Å². The van der Waals surface area contributed by atoms with Crippen LogP contribution < -0.4 is 0 Å². The van der Waals surface area contributed by atoms with E-state index in [4.69, 9.17) is 4.74 Å². The predicted octanol–water partition coefficient (Wildman–Crippen LogP) is 3.16. The Labute approximate surface area is 143 Å². The van der Waals surface area contributed by atoms with Gasteiger partial charge in [-0.3, -0.25) is 0 Å². The summed E-state index contributed by atoms with van der Waals surface area (Å²) in [5, 5.41) is 20.7. The molecule has 2 N–H and O–H groups in total. The van der Waals surface area contributed by atoms with Crippen molar-refractivity contribution in [3.63, 3.8) is 0 Å². The van der Waals surface area contributed by atoms with Gasteiger partial charge in [0.25, 0.3) is 0 Å². The molecule has 4 heteroatoms. The maximum absolute atomic E-state index is 14.3. The molecule has 0 amide bonds. The molecule has 0 radical (unpaired) electrons. The lowest BCUT2D eigenvalue weighted by Crippen LogP contribution is -2.50. The minimum absolute atomic E-state index is 0.0231. The quantitative estimate of drug-likeness (QED) is 0.773. The highest BCUT2D eigenvalue weighted by atomic mass is 19.1. The van der Waals surface area contributed by atoms with Crippen LogP contribution >= 0.6 is 0 Å². The molecule has 0 aromatic carbocycles. The van der Waals surface area contributed by atoms with Gasteiger partial charge in [0.05, 0.1) is 18.3 Å². The van der Waals surface area contributed by atoms with Crippen LogP contribution in [0.4, 0.5) is 4.39 Å². The van der Waals surface area contributed by atoms with Crippen molar-refractivity contribution in [1.82, 2.24) is 0 Å². The third kappa shape index (κ3) is 2.06. The second kappa shape index (κ2) is 5.39. The molecule has 4 rings (SSSR count). The van der Waals surface area contributed by atoms with Crippen LogP contribution in [0.25, 0.3) is 0 Å². The maximum Gasteiger partial charge on any atom is 0.127 e. The van der Waals surface area contributed by atoms with E-state index < -0.39 is 18.4 Å². The number of ether oxygens (including phenoxy) is 1. The lowest BCUT2D eigenvalue weighted by Gasteiger charge is -2.55. The number of aliphatic hydroxyl groups excluding tert-OH is 2. The summed E-state index contributed by atoms with van der Waals surface area (Å²) in [4.78, 5) is 0. The third-order valence-electron chi connectivity index (χ3n) is 7.82. The van der Waals surface area contributed by atoms with Crippen LogP contribution in [-0.4, -0.2) is 41.8 Å². The first-order chi connectivity index (χ1) is 11.3. The Morgan fingerprint density at radius 3 is 2.67 bits per heavy atom. The maximum atomic E-state index is 14.3. The molecule has 3 fully saturated rings. The number of hydrogen-bond acceptors (Lipinski definition) is 3. The molecule has 24 heavy (non-hydrogen) atoms. The summed E-state index contributed by atoms with van der Waals surface area (Å²) in [7, 11) is 1.67. The summed E-state index contributed by atoms with van der Waals surface area (Å²) in [6.07, 6.45) is 5.54. The molecule has 3 saturated carbocycles. The number of alkyl halides is 1. The van der Waals surface area contributed by atoms with E-state index in [0.29, 0.717) is 18.8 Å². The zero-order valence-corrected chi connectivity index (χ0v) is 14.8. The van der Waals surface area contributed by atoms with Gasteiger partial charge in [-0.2, -0.15) is 0 Å². The van der Waals surface area contributed by atoms with Crippen molar-refractivity contribution in [3.8, 4) is 0 Å². The molecule has 0 aromatic heterocycles. The van der Waals surface area contributed by atoms with E-state index in [0.717, 1.165) is 19.3 Å². The van der Waals surface area contributed by atoms with E-state index in [1.54, 1.807) is 7.11 Å². The number of allylic oxidation sites excluding steroid dienone is 3. The largest absolute Gasteiger partial charge is 0.390 e. The number of halogens is 1. The molecule has 0 spiro atoms. The first-order valence-electron chi connectivity index (χ1n) is 9.25. The zero-order valence-electron chi connectivity index (χ0n) is 14.8. The molecule has 4 aliphatic carbocycles. The van der Waals surface area contributed by atoms with Crippen LogP contribution in [0.1, 0.15) is 46.0 Å². The van der Waals surface area contributed by atoms with Gasteiger partial charge in [-0.25, -0.2) is 4.39 Å². The van der Waals surface area contributed by atoms with Crippen LogP contribution in [-0.2, 0) is 4.74 Å². The normalized spacial score (nSPS) is 53.6. The topological polar surface area (TPSA) is 49.7 Å². The standard InChI is InChI=1S/C20H29FO3/c1-19-7-6-13-12(14(19)9-15(21)18(19)23)5-4-11-8-16(22)17(24-3)10-20(11,13)2/h4-5,13-18,22-23H,6-10H2,1-3H3/t13-,14-,15+,16+,17+,18-,19-,20-/m0/s1. The molecular weight excluding hydrogens is 307 g/mol. The van der Waals surface area contributed by atoms with Crippen molar-refractivity contribution in [2.75, 3.05) is 7.11 Å². The van der Waals surface area contributed by atoms with Crippen LogP contribution in [0.2, 0.25) is 0 Å². The van der Waals surface area contributed by atoms with Gasteiger partial charge in [0.1, 0.15) is 6.17 Å². The highest BCUT2D eigenvalue weighted by Crippen LogP contribution is 2.63. The molecule has 0 unspecified atom stereocenters. The lowest BCUT2D eigenvalue weighted by atomic mass is 9.51. The fraction of sp³-hybridized carbons (Fsp3) is 0.800. The molecule has 0 aliphatic heterocycles. The zero-order chi connectivity index (χ0) is 17.3. The predicted molar refractivity (Wildman–Crippen MR) is 90.2 cm³/mol. The highest BCUT2D eigenvalue weighted by Gasteiger charge is 2.59. The van der Waals surface area contributed by atoms with Crippen molar-refractivity contribution >= 4 is 0 Å². The van der Waals surface area contributed by atoms with Gasteiger partial charge in [0.15, 0.2) is 0 Å². The minimum Gasteiger partial charge on any atom is -0.390 e.